The summed E-state index contributed by atoms with van der Waals surface area (Å²) in [6, 6.07) is 0. The number of fused-ring (bicyclic) bond motifs is 2. The van der Waals surface area contributed by atoms with Crippen LogP contribution in [-0.2, 0) is 14.3 Å². The minimum absolute atomic E-state index is 0.0103. The molecule has 0 spiro atoms. The molecule has 2 bridgehead atoms. The van der Waals surface area contributed by atoms with Gasteiger partial charge in [0.05, 0.1) is 31.7 Å². The lowest BCUT2D eigenvalue weighted by molar-refractivity contribution is -0.147. The number of hydrogen-bond donors (Lipinski definition) is 3. The van der Waals surface area contributed by atoms with Crippen LogP contribution in [0.15, 0.2) is 12.2 Å². The van der Waals surface area contributed by atoms with Crippen molar-refractivity contribution in [3.05, 3.63) is 12.2 Å². The van der Waals surface area contributed by atoms with Crippen molar-refractivity contribution in [2.24, 2.45) is 23.7 Å². The second kappa shape index (κ2) is 6.16. The Kier molecular flexibility index (Phi) is 4.55. The molecule has 6 nitrogen and oxygen atoms in total. The number of carboxylic acids is 1. The van der Waals surface area contributed by atoms with Crippen molar-refractivity contribution in [3.8, 4) is 0 Å². The summed E-state index contributed by atoms with van der Waals surface area (Å²) in [5.74, 6) is -2.14. The summed E-state index contributed by atoms with van der Waals surface area (Å²) in [4.78, 5) is 23.3. The van der Waals surface area contributed by atoms with Crippen LogP contribution >= 0.6 is 0 Å². The highest BCUT2D eigenvalue weighted by Gasteiger charge is 2.51. The standard InChI is InChI=1S/C13H19NO5/c15-4-6-19-5-3-14-12(16)10-8-1-2-9(7-8)11(10)13(17)18/h1-2,8-11,15H,3-7H2,(H,14,16)(H,17,18). The van der Waals surface area contributed by atoms with E-state index in [4.69, 9.17) is 9.84 Å². The van der Waals surface area contributed by atoms with Gasteiger partial charge in [-0.2, -0.15) is 0 Å². The molecule has 6 heteroatoms. The molecule has 3 N–H and O–H groups in total. The molecule has 1 fully saturated rings. The second-order valence-corrected chi connectivity index (χ2v) is 4.97. The lowest BCUT2D eigenvalue weighted by Crippen LogP contribution is -2.41. The smallest absolute Gasteiger partial charge is 0.307 e. The van der Waals surface area contributed by atoms with Crippen molar-refractivity contribution in [2.75, 3.05) is 26.4 Å². The van der Waals surface area contributed by atoms with Gasteiger partial charge in [-0.1, -0.05) is 12.2 Å². The minimum atomic E-state index is -0.895. The molecule has 1 amide bonds. The highest BCUT2D eigenvalue weighted by Crippen LogP contribution is 2.48. The number of carboxylic acid groups (broad SMARTS) is 1. The van der Waals surface area contributed by atoms with Crippen LogP contribution in [0.25, 0.3) is 0 Å². The average Bonchev–Trinajstić information content (AvgIpc) is 2.98. The molecule has 2 aliphatic rings. The molecule has 0 radical (unpaired) electrons. The van der Waals surface area contributed by atoms with E-state index in [1.165, 1.54) is 0 Å². The van der Waals surface area contributed by atoms with E-state index in [0.29, 0.717) is 13.2 Å². The Bertz CT molecular complexity index is 381. The van der Waals surface area contributed by atoms with E-state index in [1.807, 2.05) is 12.2 Å². The number of aliphatic hydroxyl groups is 1. The molecule has 4 atom stereocenters. The van der Waals surface area contributed by atoms with Crippen molar-refractivity contribution in [1.82, 2.24) is 5.32 Å². The van der Waals surface area contributed by atoms with E-state index < -0.39 is 17.8 Å². The molecule has 0 aromatic rings. The highest BCUT2D eigenvalue weighted by atomic mass is 16.5. The maximum absolute atomic E-state index is 12.1. The van der Waals surface area contributed by atoms with E-state index in [2.05, 4.69) is 5.32 Å². The fourth-order valence-electron chi connectivity index (χ4n) is 3.05. The minimum Gasteiger partial charge on any atom is -0.481 e. The molecule has 106 valence electrons. The molecule has 19 heavy (non-hydrogen) atoms. The van der Waals surface area contributed by atoms with Gasteiger partial charge in [0.2, 0.25) is 5.91 Å². The summed E-state index contributed by atoms with van der Waals surface area (Å²) in [5, 5.41) is 20.5. The van der Waals surface area contributed by atoms with Gasteiger partial charge in [-0.25, -0.2) is 0 Å². The predicted octanol–water partition coefficient (Wildman–Crippen LogP) is -0.366. The molecule has 4 unspecified atom stereocenters. The first-order valence-electron chi connectivity index (χ1n) is 6.52. The van der Waals surface area contributed by atoms with E-state index >= 15 is 0 Å². The first-order valence-corrected chi connectivity index (χ1v) is 6.52. The van der Waals surface area contributed by atoms with Crippen LogP contribution in [0.5, 0.6) is 0 Å². The van der Waals surface area contributed by atoms with E-state index in [-0.39, 0.29) is 31.0 Å². The molecular formula is C13H19NO5. The number of nitrogens with one attached hydrogen (secondary N) is 1. The number of amides is 1. The van der Waals surface area contributed by atoms with Crippen molar-refractivity contribution >= 4 is 11.9 Å². The molecule has 1 saturated carbocycles. The van der Waals surface area contributed by atoms with E-state index in [1.54, 1.807) is 0 Å². The van der Waals surface area contributed by atoms with Crippen molar-refractivity contribution in [1.29, 1.82) is 0 Å². The third-order valence-electron chi connectivity index (χ3n) is 3.83. The lowest BCUT2D eigenvalue weighted by Gasteiger charge is -2.23. The SMILES string of the molecule is O=C(O)C1C2C=CC(C2)C1C(=O)NCCOCCO. The number of aliphatic carboxylic acids is 1. The molecule has 0 aromatic heterocycles. The van der Waals surface area contributed by atoms with Gasteiger partial charge >= 0.3 is 5.97 Å². The van der Waals surface area contributed by atoms with Crippen LogP contribution in [0, 0.1) is 23.7 Å². The van der Waals surface area contributed by atoms with Crippen LogP contribution in [0.3, 0.4) is 0 Å². The third kappa shape index (κ3) is 2.96. The van der Waals surface area contributed by atoms with Gasteiger partial charge in [-0.15, -0.1) is 0 Å². The maximum Gasteiger partial charge on any atom is 0.307 e. The zero-order valence-corrected chi connectivity index (χ0v) is 10.6. The summed E-state index contributed by atoms with van der Waals surface area (Å²) >= 11 is 0. The van der Waals surface area contributed by atoms with Crippen LogP contribution < -0.4 is 5.32 Å². The Morgan fingerprint density at radius 2 is 1.89 bits per heavy atom. The summed E-state index contributed by atoms with van der Waals surface area (Å²) in [7, 11) is 0. The van der Waals surface area contributed by atoms with Gasteiger partial charge in [0.25, 0.3) is 0 Å². The molecule has 2 rings (SSSR count). The zero-order chi connectivity index (χ0) is 13.8. The quantitative estimate of drug-likeness (QED) is 0.433. The molecular weight excluding hydrogens is 250 g/mol. The number of allylic oxidation sites excluding steroid dienone is 2. The van der Waals surface area contributed by atoms with E-state index in [9.17, 15) is 14.7 Å². The van der Waals surface area contributed by atoms with Crippen molar-refractivity contribution in [3.63, 3.8) is 0 Å². The third-order valence-corrected chi connectivity index (χ3v) is 3.83. The first kappa shape index (κ1) is 14.0. The number of ether oxygens (including phenoxy) is 1. The van der Waals surface area contributed by atoms with Gasteiger partial charge in [-0.3, -0.25) is 9.59 Å². The molecule has 0 aliphatic heterocycles. The van der Waals surface area contributed by atoms with Crippen molar-refractivity contribution < 1.29 is 24.5 Å². The van der Waals surface area contributed by atoms with Crippen LogP contribution in [0.1, 0.15) is 6.42 Å². The predicted molar refractivity (Wildman–Crippen MR) is 66.3 cm³/mol. The molecule has 2 aliphatic carbocycles. The largest absolute Gasteiger partial charge is 0.481 e. The second-order valence-electron chi connectivity index (χ2n) is 4.97. The van der Waals surface area contributed by atoms with E-state index in [0.717, 1.165) is 6.42 Å². The monoisotopic (exact) mass is 269 g/mol. The summed E-state index contributed by atoms with van der Waals surface area (Å²) in [6.07, 6.45) is 4.63. The van der Waals surface area contributed by atoms with Gasteiger partial charge < -0.3 is 20.3 Å². The van der Waals surface area contributed by atoms with Crippen molar-refractivity contribution in [2.45, 2.75) is 6.42 Å². The normalized spacial score (nSPS) is 31.6. The average molecular weight is 269 g/mol. The number of carbonyl (C=O) groups excluding carboxylic acids is 1. The molecule has 0 heterocycles. The van der Waals surface area contributed by atoms with Gasteiger partial charge in [0.15, 0.2) is 0 Å². The Morgan fingerprint density at radius 1 is 1.21 bits per heavy atom. The number of rotatable bonds is 7. The van der Waals surface area contributed by atoms with Gasteiger partial charge in [0.1, 0.15) is 0 Å². The lowest BCUT2D eigenvalue weighted by atomic mass is 9.82. The highest BCUT2D eigenvalue weighted by molar-refractivity contribution is 5.86. The van der Waals surface area contributed by atoms with Crippen LogP contribution in [-0.4, -0.2) is 48.5 Å². The number of carbonyl (C=O) groups is 2. The van der Waals surface area contributed by atoms with Crippen LogP contribution in [0.4, 0.5) is 0 Å². The number of aliphatic hydroxyl groups excluding tert-OH is 1. The fraction of sp³-hybridized carbons (Fsp3) is 0.692. The first-order chi connectivity index (χ1) is 9.15. The van der Waals surface area contributed by atoms with Gasteiger partial charge in [0, 0.05) is 6.54 Å². The molecule has 0 saturated heterocycles. The Morgan fingerprint density at radius 3 is 2.53 bits per heavy atom. The van der Waals surface area contributed by atoms with Crippen LogP contribution in [0.2, 0.25) is 0 Å². The summed E-state index contributed by atoms with van der Waals surface area (Å²) in [6.45, 7) is 0.847. The Hall–Kier alpha value is -1.40. The maximum atomic E-state index is 12.1. The topological polar surface area (TPSA) is 95.9 Å². The number of hydrogen-bond acceptors (Lipinski definition) is 4. The fourth-order valence-corrected chi connectivity index (χ4v) is 3.05. The Labute approximate surface area is 111 Å². The summed E-state index contributed by atoms with van der Waals surface area (Å²) in [5.41, 5.74) is 0. The summed E-state index contributed by atoms with van der Waals surface area (Å²) < 4.78 is 5.04. The Balaban J connectivity index is 1.84. The molecule has 0 aromatic carbocycles. The van der Waals surface area contributed by atoms with Gasteiger partial charge in [-0.05, 0) is 18.3 Å². The zero-order valence-electron chi connectivity index (χ0n) is 10.6.